The topological polar surface area (TPSA) is 66.6 Å². The average Bonchev–Trinajstić information content (AvgIpc) is 3.31. The summed E-state index contributed by atoms with van der Waals surface area (Å²) in [6.07, 6.45) is 2.03. The van der Waals surface area contributed by atoms with Gasteiger partial charge in [-0.2, -0.15) is 0 Å². The second-order valence-corrected chi connectivity index (χ2v) is 6.06. The van der Waals surface area contributed by atoms with Gasteiger partial charge in [-0.05, 0) is 31.0 Å². The smallest absolute Gasteiger partial charge is 0.256 e. The third-order valence-electron chi connectivity index (χ3n) is 4.05. The van der Waals surface area contributed by atoms with E-state index in [-0.39, 0.29) is 17.7 Å². The summed E-state index contributed by atoms with van der Waals surface area (Å²) in [5.74, 6) is 0.384. The third-order valence-corrected chi connectivity index (χ3v) is 4.28. The minimum absolute atomic E-state index is 0.0947. The maximum Gasteiger partial charge on any atom is 0.256 e. The van der Waals surface area contributed by atoms with Gasteiger partial charge in [-0.25, -0.2) is 0 Å². The van der Waals surface area contributed by atoms with Crippen molar-refractivity contribution in [3.63, 3.8) is 0 Å². The number of nitrogen functional groups attached to an aromatic ring is 1. The zero-order valence-electron chi connectivity index (χ0n) is 11.7. The molecule has 2 aliphatic rings. The summed E-state index contributed by atoms with van der Waals surface area (Å²) >= 11 is 5.85. The van der Waals surface area contributed by atoms with E-state index in [2.05, 4.69) is 0 Å². The molecule has 1 aromatic rings. The van der Waals surface area contributed by atoms with Crippen LogP contribution in [0.1, 0.15) is 23.2 Å². The molecule has 0 aromatic heterocycles. The van der Waals surface area contributed by atoms with Crippen molar-refractivity contribution in [1.82, 2.24) is 9.80 Å². The third kappa shape index (κ3) is 2.97. The highest BCUT2D eigenvalue weighted by molar-refractivity contribution is 6.31. The molecule has 0 atom stereocenters. The fraction of sp³-hybridized carbons (Fsp3) is 0.467. The monoisotopic (exact) mass is 307 g/mol. The van der Waals surface area contributed by atoms with Gasteiger partial charge in [0.05, 0.1) is 5.56 Å². The van der Waals surface area contributed by atoms with E-state index >= 15 is 0 Å². The van der Waals surface area contributed by atoms with Crippen LogP contribution in [0.25, 0.3) is 0 Å². The summed E-state index contributed by atoms with van der Waals surface area (Å²) in [4.78, 5) is 28.1. The molecular formula is C15H18ClN3O2. The first-order chi connectivity index (χ1) is 10.1. The van der Waals surface area contributed by atoms with Gasteiger partial charge >= 0.3 is 0 Å². The van der Waals surface area contributed by atoms with E-state index in [1.54, 1.807) is 23.1 Å². The Kier molecular flexibility index (Phi) is 3.76. The highest BCUT2D eigenvalue weighted by Crippen LogP contribution is 2.31. The molecule has 3 rings (SSSR count). The minimum atomic E-state index is -0.0947. The van der Waals surface area contributed by atoms with Crippen molar-refractivity contribution in [3.05, 3.63) is 28.8 Å². The molecule has 0 radical (unpaired) electrons. The second-order valence-electron chi connectivity index (χ2n) is 5.62. The molecule has 6 heteroatoms. The second kappa shape index (κ2) is 5.56. The lowest BCUT2D eigenvalue weighted by molar-refractivity contribution is -0.134. The molecular weight excluding hydrogens is 290 g/mol. The van der Waals surface area contributed by atoms with Crippen molar-refractivity contribution in [2.45, 2.75) is 12.8 Å². The standard InChI is InChI=1S/C15H18ClN3O2/c16-11-3-4-12(13(17)9-11)15(21)19-7-5-18(6-8-19)14(20)10-1-2-10/h3-4,9-10H,1-2,5-8,17H2. The lowest BCUT2D eigenvalue weighted by Gasteiger charge is -2.35. The number of hydrogen-bond acceptors (Lipinski definition) is 3. The van der Waals surface area contributed by atoms with Crippen molar-refractivity contribution in [3.8, 4) is 0 Å². The van der Waals surface area contributed by atoms with Crippen LogP contribution < -0.4 is 5.73 Å². The van der Waals surface area contributed by atoms with Crippen LogP contribution in [0.4, 0.5) is 5.69 Å². The molecule has 1 saturated heterocycles. The fourth-order valence-corrected chi connectivity index (χ4v) is 2.80. The number of piperazine rings is 1. The van der Waals surface area contributed by atoms with Crippen LogP contribution in [-0.2, 0) is 4.79 Å². The predicted molar refractivity (Wildman–Crippen MR) is 81.1 cm³/mol. The van der Waals surface area contributed by atoms with Crippen molar-refractivity contribution >= 4 is 29.1 Å². The van der Waals surface area contributed by atoms with Crippen molar-refractivity contribution in [2.24, 2.45) is 5.92 Å². The van der Waals surface area contributed by atoms with Crippen molar-refractivity contribution < 1.29 is 9.59 Å². The summed E-state index contributed by atoms with van der Waals surface area (Å²) in [6, 6.07) is 4.90. The Balaban J connectivity index is 1.63. The van der Waals surface area contributed by atoms with Gasteiger partial charge in [-0.3, -0.25) is 9.59 Å². The first-order valence-corrected chi connectivity index (χ1v) is 7.57. The van der Waals surface area contributed by atoms with E-state index in [4.69, 9.17) is 17.3 Å². The summed E-state index contributed by atoms with van der Waals surface area (Å²) in [7, 11) is 0. The lowest BCUT2D eigenvalue weighted by atomic mass is 10.1. The predicted octanol–water partition coefficient (Wildman–Crippen LogP) is 1.62. The number of anilines is 1. The molecule has 1 aromatic carbocycles. The number of amides is 2. The number of hydrogen-bond donors (Lipinski definition) is 1. The number of rotatable bonds is 2. The van der Waals surface area contributed by atoms with Crippen LogP contribution in [0.3, 0.4) is 0 Å². The van der Waals surface area contributed by atoms with Crippen LogP contribution in [0.5, 0.6) is 0 Å². The first kappa shape index (κ1) is 14.2. The molecule has 112 valence electrons. The number of carbonyl (C=O) groups excluding carboxylic acids is 2. The van der Waals surface area contributed by atoms with Crippen LogP contribution in [0.15, 0.2) is 18.2 Å². The van der Waals surface area contributed by atoms with E-state index in [0.717, 1.165) is 12.8 Å². The quantitative estimate of drug-likeness (QED) is 0.844. The van der Waals surface area contributed by atoms with Gasteiger partial charge in [0.1, 0.15) is 0 Å². The first-order valence-electron chi connectivity index (χ1n) is 7.19. The Morgan fingerprint density at radius 2 is 1.71 bits per heavy atom. The molecule has 1 aliphatic heterocycles. The van der Waals surface area contributed by atoms with E-state index in [0.29, 0.717) is 42.5 Å². The Morgan fingerprint density at radius 3 is 2.29 bits per heavy atom. The highest BCUT2D eigenvalue weighted by atomic mass is 35.5. The van der Waals surface area contributed by atoms with E-state index in [1.165, 1.54) is 0 Å². The molecule has 1 aliphatic carbocycles. The normalized spacial score (nSPS) is 18.7. The number of benzene rings is 1. The summed E-state index contributed by atoms with van der Waals surface area (Å²) < 4.78 is 0. The van der Waals surface area contributed by atoms with Crippen LogP contribution in [-0.4, -0.2) is 47.8 Å². The molecule has 1 saturated carbocycles. The Hall–Kier alpha value is -1.75. The number of nitrogens with zero attached hydrogens (tertiary/aromatic N) is 2. The summed E-state index contributed by atoms with van der Waals surface area (Å²) in [5.41, 5.74) is 6.72. The largest absolute Gasteiger partial charge is 0.398 e. The average molecular weight is 308 g/mol. The highest BCUT2D eigenvalue weighted by Gasteiger charge is 2.35. The van der Waals surface area contributed by atoms with Gasteiger partial charge in [-0.1, -0.05) is 11.6 Å². The van der Waals surface area contributed by atoms with Crippen LogP contribution in [0, 0.1) is 5.92 Å². The number of nitrogens with two attached hydrogens (primary N) is 1. The van der Waals surface area contributed by atoms with Gasteiger partial charge in [0.15, 0.2) is 0 Å². The summed E-state index contributed by atoms with van der Waals surface area (Å²) in [6.45, 7) is 2.32. The molecule has 21 heavy (non-hydrogen) atoms. The maximum absolute atomic E-state index is 12.5. The SMILES string of the molecule is Nc1cc(Cl)ccc1C(=O)N1CCN(C(=O)C2CC2)CC1. The Morgan fingerprint density at radius 1 is 1.10 bits per heavy atom. The number of carbonyl (C=O) groups is 2. The van der Waals surface area contributed by atoms with Gasteiger partial charge in [0.25, 0.3) is 5.91 Å². The number of halogens is 1. The Bertz CT molecular complexity index is 578. The van der Waals surface area contributed by atoms with Gasteiger partial charge in [-0.15, -0.1) is 0 Å². The molecule has 5 nitrogen and oxygen atoms in total. The van der Waals surface area contributed by atoms with Gasteiger partial charge in [0.2, 0.25) is 5.91 Å². The maximum atomic E-state index is 12.5. The Labute approximate surface area is 128 Å². The minimum Gasteiger partial charge on any atom is -0.398 e. The van der Waals surface area contributed by atoms with Crippen molar-refractivity contribution in [1.29, 1.82) is 0 Å². The summed E-state index contributed by atoms with van der Waals surface area (Å²) in [5, 5.41) is 0.517. The van der Waals surface area contributed by atoms with E-state index in [1.807, 2.05) is 4.90 Å². The molecule has 0 spiro atoms. The van der Waals surface area contributed by atoms with E-state index < -0.39 is 0 Å². The van der Waals surface area contributed by atoms with E-state index in [9.17, 15) is 9.59 Å². The molecule has 2 amide bonds. The lowest BCUT2D eigenvalue weighted by Crippen LogP contribution is -2.51. The fourth-order valence-electron chi connectivity index (χ4n) is 2.62. The van der Waals surface area contributed by atoms with Crippen LogP contribution >= 0.6 is 11.6 Å². The molecule has 2 N–H and O–H groups in total. The van der Waals surface area contributed by atoms with Gasteiger partial charge in [0, 0.05) is 42.8 Å². The van der Waals surface area contributed by atoms with Gasteiger partial charge < -0.3 is 15.5 Å². The van der Waals surface area contributed by atoms with Crippen LogP contribution in [0.2, 0.25) is 5.02 Å². The molecule has 0 unspecified atom stereocenters. The molecule has 0 bridgehead atoms. The van der Waals surface area contributed by atoms with Crippen molar-refractivity contribution in [2.75, 3.05) is 31.9 Å². The zero-order valence-corrected chi connectivity index (χ0v) is 12.5. The zero-order chi connectivity index (χ0) is 15.0. The molecule has 1 heterocycles. The molecule has 2 fully saturated rings.